The Labute approximate surface area is 186 Å². The molecular formula is C24H16FN7O. The van der Waals surface area contributed by atoms with Gasteiger partial charge in [0.05, 0.1) is 35.6 Å². The van der Waals surface area contributed by atoms with Gasteiger partial charge in [-0.3, -0.25) is 10.1 Å². The average molecular weight is 437 g/mol. The second-order valence-corrected chi connectivity index (χ2v) is 7.48. The van der Waals surface area contributed by atoms with Crippen LogP contribution in [-0.4, -0.2) is 42.2 Å². The molecule has 4 heterocycles. The number of nitrogens with zero attached hydrogens (tertiary/aromatic N) is 5. The van der Waals surface area contributed by atoms with Crippen LogP contribution in [0.4, 0.5) is 4.39 Å². The van der Waals surface area contributed by atoms with Crippen molar-refractivity contribution in [2.75, 3.05) is 7.11 Å². The Bertz CT molecular complexity index is 1620. The second-order valence-electron chi connectivity index (χ2n) is 7.48. The fourth-order valence-corrected chi connectivity index (χ4v) is 3.90. The number of pyridine rings is 1. The first kappa shape index (κ1) is 19.1. The maximum Gasteiger partial charge on any atom is 0.159 e. The highest BCUT2D eigenvalue weighted by Crippen LogP contribution is 2.33. The number of methoxy groups -OCH3 is 1. The van der Waals surface area contributed by atoms with Crippen molar-refractivity contribution in [2.24, 2.45) is 0 Å². The van der Waals surface area contributed by atoms with Crippen LogP contribution in [0.2, 0.25) is 0 Å². The largest absolute Gasteiger partial charge is 0.497 e. The smallest absolute Gasteiger partial charge is 0.159 e. The highest BCUT2D eigenvalue weighted by molar-refractivity contribution is 5.97. The van der Waals surface area contributed by atoms with Gasteiger partial charge in [0.25, 0.3) is 0 Å². The van der Waals surface area contributed by atoms with Crippen LogP contribution < -0.4 is 4.74 Å². The van der Waals surface area contributed by atoms with Crippen LogP contribution in [0.15, 0.2) is 67.4 Å². The summed E-state index contributed by atoms with van der Waals surface area (Å²) < 4.78 is 19.4. The summed E-state index contributed by atoms with van der Waals surface area (Å²) in [6.07, 6.45) is 6.62. The second kappa shape index (κ2) is 7.49. The molecule has 6 rings (SSSR count). The van der Waals surface area contributed by atoms with Crippen molar-refractivity contribution >= 4 is 21.9 Å². The minimum absolute atomic E-state index is 0.375. The zero-order chi connectivity index (χ0) is 22.4. The molecule has 0 radical (unpaired) electrons. The molecule has 8 nitrogen and oxygen atoms in total. The molecule has 0 fully saturated rings. The Morgan fingerprint density at radius 2 is 1.82 bits per heavy atom. The third-order valence-corrected chi connectivity index (χ3v) is 5.46. The first-order chi connectivity index (χ1) is 16.2. The predicted molar refractivity (Wildman–Crippen MR) is 122 cm³/mol. The lowest BCUT2D eigenvalue weighted by molar-refractivity contribution is 0.411. The van der Waals surface area contributed by atoms with E-state index in [1.807, 2.05) is 24.3 Å². The van der Waals surface area contributed by atoms with E-state index < -0.39 is 0 Å². The van der Waals surface area contributed by atoms with Gasteiger partial charge < -0.3 is 9.72 Å². The molecule has 0 saturated carbocycles. The molecule has 0 unspecified atom stereocenters. The van der Waals surface area contributed by atoms with Gasteiger partial charge in [0.1, 0.15) is 23.6 Å². The van der Waals surface area contributed by atoms with Gasteiger partial charge in [0.2, 0.25) is 0 Å². The van der Waals surface area contributed by atoms with E-state index in [9.17, 15) is 4.39 Å². The summed E-state index contributed by atoms with van der Waals surface area (Å²) in [5.74, 6) is 0.662. The maximum absolute atomic E-state index is 14.1. The molecule has 4 aromatic heterocycles. The Morgan fingerprint density at radius 3 is 2.67 bits per heavy atom. The van der Waals surface area contributed by atoms with Crippen molar-refractivity contribution in [3.63, 3.8) is 0 Å². The molecule has 160 valence electrons. The quantitative estimate of drug-likeness (QED) is 0.411. The van der Waals surface area contributed by atoms with Crippen LogP contribution in [0.1, 0.15) is 0 Å². The topological polar surface area (TPSA) is 105 Å². The number of halogens is 1. The van der Waals surface area contributed by atoms with Gasteiger partial charge >= 0.3 is 0 Å². The number of para-hydroxylation sites is 1. The van der Waals surface area contributed by atoms with E-state index in [0.29, 0.717) is 28.3 Å². The highest BCUT2D eigenvalue weighted by atomic mass is 19.1. The fraction of sp³-hybridized carbons (Fsp3) is 0.0417. The predicted octanol–water partition coefficient (Wildman–Crippen LogP) is 4.77. The Morgan fingerprint density at radius 1 is 0.939 bits per heavy atom. The Hall–Kier alpha value is -4.66. The molecule has 0 aliphatic carbocycles. The van der Waals surface area contributed by atoms with Crippen LogP contribution in [0.5, 0.6) is 5.75 Å². The van der Waals surface area contributed by atoms with Crippen molar-refractivity contribution in [1.29, 1.82) is 0 Å². The molecule has 0 amide bonds. The lowest BCUT2D eigenvalue weighted by atomic mass is 10.0. The molecule has 0 aliphatic rings. The van der Waals surface area contributed by atoms with Gasteiger partial charge in [-0.15, -0.1) is 0 Å². The summed E-state index contributed by atoms with van der Waals surface area (Å²) in [5.41, 5.74) is 5.96. The number of aromatic nitrogens is 7. The van der Waals surface area contributed by atoms with Gasteiger partial charge in [0, 0.05) is 35.0 Å². The van der Waals surface area contributed by atoms with Crippen LogP contribution >= 0.6 is 0 Å². The number of ether oxygens (including phenoxy) is 1. The number of hydrogen-bond donors (Lipinski definition) is 2. The average Bonchev–Trinajstić information content (AvgIpc) is 3.47. The van der Waals surface area contributed by atoms with Gasteiger partial charge in [0.15, 0.2) is 5.82 Å². The highest BCUT2D eigenvalue weighted by Gasteiger charge is 2.17. The first-order valence-corrected chi connectivity index (χ1v) is 10.1. The maximum atomic E-state index is 14.1. The molecule has 0 spiro atoms. The number of aromatic amines is 2. The van der Waals surface area contributed by atoms with E-state index in [2.05, 4.69) is 30.1 Å². The monoisotopic (exact) mass is 437 g/mol. The van der Waals surface area contributed by atoms with E-state index in [1.54, 1.807) is 24.7 Å². The van der Waals surface area contributed by atoms with E-state index in [-0.39, 0.29) is 5.82 Å². The number of hydrogen-bond acceptors (Lipinski definition) is 6. The van der Waals surface area contributed by atoms with Gasteiger partial charge in [-0.05, 0) is 29.8 Å². The van der Waals surface area contributed by atoms with Crippen molar-refractivity contribution in [3.05, 3.63) is 73.2 Å². The molecule has 0 bridgehead atoms. The fourth-order valence-electron chi connectivity index (χ4n) is 3.90. The summed E-state index contributed by atoms with van der Waals surface area (Å²) >= 11 is 0. The third kappa shape index (κ3) is 3.26. The molecule has 0 atom stereocenters. The van der Waals surface area contributed by atoms with Gasteiger partial charge in [-0.2, -0.15) is 5.10 Å². The number of fused-ring (bicyclic) bond motifs is 2. The first-order valence-electron chi connectivity index (χ1n) is 10.1. The molecule has 2 N–H and O–H groups in total. The van der Waals surface area contributed by atoms with Crippen LogP contribution in [-0.2, 0) is 0 Å². The lowest BCUT2D eigenvalue weighted by Crippen LogP contribution is -1.88. The number of H-pyrrole nitrogens is 2. The van der Waals surface area contributed by atoms with Crippen LogP contribution in [0, 0.1) is 5.82 Å². The van der Waals surface area contributed by atoms with Crippen molar-refractivity contribution < 1.29 is 9.13 Å². The summed E-state index contributed by atoms with van der Waals surface area (Å²) in [6, 6.07) is 12.3. The molecule has 9 heteroatoms. The number of rotatable bonds is 4. The molecule has 33 heavy (non-hydrogen) atoms. The summed E-state index contributed by atoms with van der Waals surface area (Å²) in [7, 11) is 1.51. The molecule has 2 aromatic carbocycles. The van der Waals surface area contributed by atoms with Gasteiger partial charge in [-0.25, -0.2) is 19.3 Å². The zero-order valence-electron chi connectivity index (χ0n) is 17.4. The van der Waals surface area contributed by atoms with Crippen molar-refractivity contribution in [3.8, 4) is 39.7 Å². The number of benzene rings is 2. The minimum Gasteiger partial charge on any atom is -0.497 e. The molecule has 6 aromatic rings. The van der Waals surface area contributed by atoms with Crippen molar-refractivity contribution in [1.82, 2.24) is 35.1 Å². The lowest BCUT2D eigenvalue weighted by Gasteiger charge is -2.06. The standard InChI is InChI=1S/C24H16FN7O/c1-33-16-6-13(5-15(25)7-16)17-3-2-4-19-22(17)30-24(29-19)23-18-8-20(14-9-26-12-27-10-14)28-11-21(18)31-32-23/h2-12H,1H3,(H,29,30)(H,31,32). The van der Waals surface area contributed by atoms with E-state index in [4.69, 9.17) is 9.72 Å². The minimum atomic E-state index is -0.375. The molecule has 0 aliphatic heterocycles. The van der Waals surface area contributed by atoms with E-state index in [1.165, 1.54) is 25.6 Å². The Balaban J connectivity index is 1.50. The van der Waals surface area contributed by atoms with E-state index in [0.717, 1.165) is 33.2 Å². The molecular weight excluding hydrogens is 421 g/mol. The summed E-state index contributed by atoms with van der Waals surface area (Å²) in [5, 5.41) is 8.34. The number of imidazole rings is 1. The summed E-state index contributed by atoms with van der Waals surface area (Å²) in [4.78, 5) is 20.8. The summed E-state index contributed by atoms with van der Waals surface area (Å²) in [6.45, 7) is 0. The third-order valence-electron chi connectivity index (χ3n) is 5.46. The SMILES string of the molecule is COc1cc(F)cc(-c2cccc3[nH]c(-c4n[nH]c5cnc(-c6cncnc6)cc45)nc23)c1. The van der Waals surface area contributed by atoms with E-state index >= 15 is 0 Å². The number of nitrogens with one attached hydrogen (secondary N) is 2. The normalized spacial score (nSPS) is 11.3. The van der Waals surface area contributed by atoms with Gasteiger partial charge in [-0.1, -0.05) is 12.1 Å². The Kier molecular flexibility index (Phi) is 4.32. The molecule has 0 saturated heterocycles. The van der Waals surface area contributed by atoms with Crippen LogP contribution in [0.3, 0.4) is 0 Å². The van der Waals surface area contributed by atoms with Crippen molar-refractivity contribution in [2.45, 2.75) is 0 Å². The van der Waals surface area contributed by atoms with Crippen LogP contribution in [0.25, 0.3) is 55.8 Å². The zero-order valence-corrected chi connectivity index (χ0v) is 17.4.